The summed E-state index contributed by atoms with van der Waals surface area (Å²) >= 11 is 2.84. The van der Waals surface area contributed by atoms with E-state index in [1.165, 1.54) is 29.5 Å². The molecule has 1 fully saturated rings. The summed E-state index contributed by atoms with van der Waals surface area (Å²) in [6.45, 7) is 6.81. The summed E-state index contributed by atoms with van der Waals surface area (Å²) in [6, 6.07) is 7.48. The number of ether oxygens (including phenoxy) is 1. The Morgan fingerprint density at radius 2 is 2.10 bits per heavy atom. The summed E-state index contributed by atoms with van der Waals surface area (Å²) in [5, 5.41) is 7.95. The highest BCUT2D eigenvalue weighted by atomic mass is 32.2. The van der Waals surface area contributed by atoms with E-state index in [1.54, 1.807) is 13.2 Å². The van der Waals surface area contributed by atoms with Gasteiger partial charge in [-0.25, -0.2) is 4.98 Å². The van der Waals surface area contributed by atoms with Gasteiger partial charge in [-0.15, -0.1) is 11.3 Å². The Morgan fingerprint density at radius 1 is 1.29 bits per heavy atom. The van der Waals surface area contributed by atoms with E-state index in [4.69, 9.17) is 4.74 Å². The lowest BCUT2D eigenvalue weighted by Gasteiger charge is -2.39. The Kier molecular flexibility index (Phi) is 8.00. The molecule has 1 saturated carbocycles. The molecular formula is C23H31N3O3S2. The van der Waals surface area contributed by atoms with E-state index in [-0.39, 0.29) is 35.4 Å². The number of carbonyl (C=O) groups excluding carboxylic acids is 2. The maximum Gasteiger partial charge on any atom is 0.234 e. The summed E-state index contributed by atoms with van der Waals surface area (Å²) in [6.07, 6.45) is 3.54. The number of hydrogen-bond donors (Lipinski definition) is 2. The van der Waals surface area contributed by atoms with Gasteiger partial charge in [0, 0.05) is 23.2 Å². The largest absolute Gasteiger partial charge is 0.497 e. The molecule has 0 spiro atoms. The molecule has 2 aromatic rings. The van der Waals surface area contributed by atoms with Gasteiger partial charge in [0.1, 0.15) is 5.75 Å². The lowest BCUT2D eigenvalue weighted by molar-refractivity contribution is -0.121. The van der Waals surface area contributed by atoms with Crippen molar-refractivity contribution in [3.63, 3.8) is 0 Å². The van der Waals surface area contributed by atoms with Crippen molar-refractivity contribution < 1.29 is 14.3 Å². The Bertz CT molecular complexity index is 913. The van der Waals surface area contributed by atoms with Crippen molar-refractivity contribution in [2.24, 2.45) is 11.3 Å². The third-order valence-electron chi connectivity index (χ3n) is 5.30. The maximum atomic E-state index is 12.5. The first-order valence-electron chi connectivity index (χ1n) is 10.5. The van der Waals surface area contributed by atoms with Crippen LogP contribution in [-0.4, -0.2) is 35.7 Å². The van der Waals surface area contributed by atoms with Gasteiger partial charge in [-0.1, -0.05) is 38.6 Å². The summed E-state index contributed by atoms with van der Waals surface area (Å²) in [4.78, 5) is 29.2. The standard InChI is InChI=1S/C23H31N3O3S2/c1-15-8-17(12-23(2,3)11-15)25-20(27)10-18-13-30-22(26-18)31-14-21(28)24-16-6-5-7-19(9-16)29-4/h5-7,9,13,15,17H,8,10-12,14H2,1-4H3,(H,24,28)(H,25,27). The fourth-order valence-corrected chi connectivity index (χ4v) is 6.00. The molecule has 2 N–H and O–H groups in total. The van der Waals surface area contributed by atoms with Crippen LogP contribution in [0.1, 0.15) is 45.7 Å². The number of nitrogens with zero attached hydrogens (tertiary/aromatic N) is 1. The molecule has 168 valence electrons. The zero-order valence-corrected chi connectivity index (χ0v) is 20.2. The lowest BCUT2D eigenvalue weighted by Crippen LogP contribution is -2.43. The van der Waals surface area contributed by atoms with Crippen LogP contribution >= 0.6 is 23.1 Å². The van der Waals surface area contributed by atoms with Gasteiger partial charge in [-0.05, 0) is 42.7 Å². The van der Waals surface area contributed by atoms with Crippen LogP contribution in [0.4, 0.5) is 5.69 Å². The summed E-state index contributed by atoms with van der Waals surface area (Å²) in [5.41, 5.74) is 1.72. The molecule has 0 saturated heterocycles. The van der Waals surface area contributed by atoms with E-state index in [0.29, 0.717) is 17.4 Å². The third-order valence-corrected chi connectivity index (χ3v) is 7.37. The number of hydrogen-bond acceptors (Lipinski definition) is 6. The number of benzene rings is 1. The van der Waals surface area contributed by atoms with Gasteiger partial charge in [0.25, 0.3) is 0 Å². The minimum atomic E-state index is -0.109. The van der Waals surface area contributed by atoms with E-state index in [2.05, 4.69) is 36.4 Å². The zero-order valence-electron chi connectivity index (χ0n) is 18.6. The van der Waals surface area contributed by atoms with Crippen molar-refractivity contribution in [3.05, 3.63) is 35.3 Å². The molecule has 1 aliphatic rings. The fourth-order valence-electron chi connectivity index (χ4n) is 4.36. The maximum absolute atomic E-state index is 12.5. The molecule has 2 amide bonds. The molecule has 2 unspecified atom stereocenters. The van der Waals surface area contributed by atoms with E-state index in [1.807, 2.05) is 23.6 Å². The molecule has 1 heterocycles. The third kappa shape index (κ3) is 7.54. The first-order valence-corrected chi connectivity index (χ1v) is 12.4. The first-order chi connectivity index (χ1) is 14.7. The van der Waals surface area contributed by atoms with Crippen molar-refractivity contribution >= 4 is 40.6 Å². The lowest BCUT2D eigenvalue weighted by atomic mass is 9.70. The molecule has 0 radical (unpaired) electrons. The van der Waals surface area contributed by atoms with Gasteiger partial charge >= 0.3 is 0 Å². The Labute approximate surface area is 192 Å². The van der Waals surface area contributed by atoms with E-state index in [9.17, 15) is 9.59 Å². The minimum Gasteiger partial charge on any atom is -0.497 e. The highest BCUT2D eigenvalue weighted by Gasteiger charge is 2.32. The summed E-state index contributed by atoms with van der Waals surface area (Å²) in [7, 11) is 1.59. The molecule has 2 atom stereocenters. The summed E-state index contributed by atoms with van der Waals surface area (Å²) in [5.74, 6) is 1.49. The van der Waals surface area contributed by atoms with Crippen molar-refractivity contribution in [1.82, 2.24) is 10.3 Å². The molecule has 0 aliphatic heterocycles. The van der Waals surface area contributed by atoms with Crippen LogP contribution in [0.3, 0.4) is 0 Å². The van der Waals surface area contributed by atoms with Crippen LogP contribution in [-0.2, 0) is 16.0 Å². The Morgan fingerprint density at radius 3 is 2.84 bits per heavy atom. The molecule has 0 bridgehead atoms. The molecule has 1 aromatic carbocycles. The number of anilines is 1. The van der Waals surface area contributed by atoms with Gasteiger partial charge in [-0.3, -0.25) is 9.59 Å². The van der Waals surface area contributed by atoms with Crippen LogP contribution in [0.25, 0.3) is 0 Å². The summed E-state index contributed by atoms with van der Waals surface area (Å²) < 4.78 is 5.95. The smallest absolute Gasteiger partial charge is 0.234 e. The van der Waals surface area contributed by atoms with Gasteiger partial charge in [0.15, 0.2) is 4.34 Å². The SMILES string of the molecule is COc1cccc(NC(=O)CSc2nc(CC(=O)NC3CC(C)CC(C)(C)C3)cs2)c1. The van der Waals surface area contributed by atoms with Gasteiger partial charge in [0.2, 0.25) is 11.8 Å². The van der Waals surface area contributed by atoms with Crippen LogP contribution in [0, 0.1) is 11.3 Å². The molecular weight excluding hydrogens is 430 g/mol. The Hall–Kier alpha value is -2.06. The number of rotatable bonds is 8. The molecule has 1 aromatic heterocycles. The van der Waals surface area contributed by atoms with Crippen LogP contribution in [0.2, 0.25) is 0 Å². The van der Waals surface area contributed by atoms with Crippen molar-refractivity contribution in [3.8, 4) is 5.75 Å². The second kappa shape index (κ2) is 10.5. The monoisotopic (exact) mass is 461 g/mol. The van der Waals surface area contributed by atoms with Gasteiger partial charge in [0.05, 0.1) is 25.0 Å². The number of amides is 2. The average Bonchev–Trinajstić information content (AvgIpc) is 3.12. The van der Waals surface area contributed by atoms with Crippen molar-refractivity contribution in [1.29, 1.82) is 0 Å². The van der Waals surface area contributed by atoms with Crippen LogP contribution < -0.4 is 15.4 Å². The van der Waals surface area contributed by atoms with Crippen molar-refractivity contribution in [2.45, 2.75) is 56.8 Å². The number of thiazole rings is 1. The Balaban J connectivity index is 1.44. The fraction of sp³-hybridized carbons (Fsp3) is 0.522. The predicted molar refractivity (Wildman–Crippen MR) is 127 cm³/mol. The van der Waals surface area contributed by atoms with Crippen molar-refractivity contribution in [2.75, 3.05) is 18.2 Å². The minimum absolute atomic E-state index is 0.0208. The van der Waals surface area contributed by atoms with E-state index < -0.39 is 0 Å². The number of aromatic nitrogens is 1. The number of nitrogens with one attached hydrogen (secondary N) is 2. The van der Waals surface area contributed by atoms with Crippen LogP contribution in [0.15, 0.2) is 34.0 Å². The molecule has 8 heteroatoms. The van der Waals surface area contributed by atoms with Gasteiger partial charge < -0.3 is 15.4 Å². The van der Waals surface area contributed by atoms with Crippen LogP contribution in [0.5, 0.6) is 5.75 Å². The highest BCUT2D eigenvalue weighted by Crippen LogP contribution is 2.38. The molecule has 3 rings (SSSR count). The quantitative estimate of drug-likeness (QED) is 0.554. The number of carbonyl (C=O) groups is 2. The average molecular weight is 462 g/mol. The topological polar surface area (TPSA) is 80.3 Å². The first kappa shape index (κ1) is 23.6. The molecule has 1 aliphatic carbocycles. The van der Waals surface area contributed by atoms with E-state index >= 15 is 0 Å². The predicted octanol–water partition coefficient (Wildman–Crippen LogP) is 4.76. The highest BCUT2D eigenvalue weighted by molar-refractivity contribution is 8.01. The van der Waals surface area contributed by atoms with Gasteiger partial charge in [-0.2, -0.15) is 0 Å². The molecule has 31 heavy (non-hydrogen) atoms. The number of methoxy groups -OCH3 is 1. The molecule has 6 nitrogen and oxygen atoms in total. The zero-order chi connectivity index (χ0) is 22.4. The van der Waals surface area contributed by atoms with E-state index in [0.717, 1.165) is 22.9 Å². The number of thioether (sulfide) groups is 1. The normalized spacial score (nSPS) is 20.1. The second-order valence-corrected chi connectivity index (χ2v) is 11.1. The second-order valence-electron chi connectivity index (χ2n) is 9.03.